The Morgan fingerprint density at radius 2 is 2.19 bits per heavy atom. The molecule has 2 aliphatic rings. The topological polar surface area (TPSA) is 101 Å². The summed E-state index contributed by atoms with van der Waals surface area (Å²) >= 11 is 2.92. The fourth-order valence-electron chi connectivity index (χ4n) is 3.38. The lowest BCUT2D eigenvalue weighted by atomic mass is 9.90. The van der Waals surface area contributed by atoms with E-state index in [-0.39, 0.29) is 6.42 Å². The van der Waals surface area contributed by atoms with Crippen molar-refractivity contribution in [3.05, 3.63) is 22.4 Å². The van der Waals surface area contributed by atoms with Crippen molar-refractivity contribution in [2.24, 2.45) is 17.6 Å². The van der Waals surface area contributed by atoms with E-state index in [0.29, 0.717) is 5.75 Å². The fourth-order valence-corrected chi connectivity index (χ4v) is 5.68. The highest BCUT2D eigenvalue weighted by Gasteiger charge is 2.84. The second-order valence-corrected chi connectivity index (χ2v) is 7.73. The van der Waals surface area contributed by atoms with Gasteiger partial charge in [0.15, 0.2) is 0 Å². The maximum atomic E-state index is 14.3. The number of alkyl halides is 1. The highest BCUT2D eigenvalue weighted by atomic mass is 32.2. The maximum Gasteiger partial charge on any atom is 0.342 e. The number of hydrogen-bond donors (Lipinski definition) is 3. The zero-order valence-electron chi connectivity index (χ0n) is 10.9. The summed E-state index contributed by atoms with van der Waals surface area (Å²) in [6.07, 6.45) is 0.187. The summed E-state index contributed by atoms with van der Waals surface area (Å²) in [6.45, 7) is 0. The molecule has 2 aliphatic carbocycles. The third kappa shape index (κ3) is 1.92. The predicted molar refractivity (Wildman–Crippen MR) is 77.0 cm³/mol. The largest absolute Gasteiger partial charge is 0.480 e. The standard InChI is InChI=1S/C13H14FNO4S2/c14-12(10(16)17)7-4-8(13(15,9(7)12)11(18)19)21-5-6-2-1-3-20-6/h1-3,7-9H,4-5,15H2,(H,16,17)(H,18,19)/t7-,8-,9+,12-,13+/m1/s1. The Hall–Kier alpha value is -1.12. The van der Waals surface area contributed by atoms with Gasteiger partial charge in [-0.3, -0.25) is 4.79 Å². The third-order valence-electron chi connectivity index (χ3n) is 4.51. The van der Waals surface area contributed by atoms with Gasteiger partial charge >= 0.3 is 11.9 Å². The first-order chi connectivity index (χ1) is 9.82. The molecule has 5 nitrogen and oxygen atoms in total. The van der Waals surface area contributed by atoms with Crippen molar-refractivity contribution >= 4 is 35.0 Å². The number of rotatable bonds is 5. The number of carboxylic acids is 2. The lowest BCUT2D eigenvalue weighted by Crippen LogP contribution is -2.58. The maximum absolute atomic E-state index is 14.3. The highest BCUT2D eigenvalue weighted by molar-refractivity contribution is 7.99. The molecule has 0 spiro atoms. The van der Waals surface area contributed by atoms with E-state index in [1.165, 1.54) is 11.8 Å². The Morgan fingerprint density at radius 1 is 1.48 bits per heavy atom. The van der Waals surface area contributed by atoms with Gasteiger partial charge in [0.1, 0.15) is 5.54 Å². The first-order valence-electron chi connectivity index (χ1n) is 6.41. The van der Waals surface area contributed by atoms with Gasteiger partial charge in [0.05, 0.1) is 0 Å². The van der Waals surface area contributed by atoms with Crippen molar-refractivity contribution in [1.29, 1.82) is 0 Å². The Labute approximate surface area is 128 Å². The molecule has 1 aromatic rings. The van der Waals surface area contributed by atoms with Gasteiger partial charge in [-0.1, -0.05) is 6.07 Å². The lowest BCUT2D eigenvalue weighted by Gasteiger charge is -2.31. The predicted octanol–water partition coefficient (Wildman–Crippen LogP) is 1.57. The van der Waals surface area contributed by atoms with Crippen LogP contribution < -0.4 is 5.73 Å². The Bertz CT molecular complexity index is 595. The van der Waals surface area contributed by atoms with Crippen molar-refractivity contribution in [1.82, 2.24) is 0 Å². The van der Waals surface area contributed by atoms with Crippen LogP contribution in [-0.2, 0) is 15.3 Å². The first-order valence-corrected chi connectivity index (χ1v) is 8.34. The number of aliphatic carboxylic acids is 2. The molecule has 5 atom stereocenters. The molecule has 1 aromatic heterocycles. The van der Waals surface area contributed by atoms with Crippen molar-refractivity contribution < 1.29 is 24.2 Å². The smallest absolute Gasteiger partial charge is 0.342 e. The average Bonchev–Trinajstić information content (AvgIpc) is 2.81. The van der Waals surface area contributed by atoms with Crippen LogP contribution in [0, 0.1) is 11.8 Å². The number of carboxylic acid groups (broad SMARTS) is 2. The zero-order valence-corrected chi connectivity index (χ0v) is 12.5. The van der Waals surface area contributed by atoms with Gasteiger partial charge in [-0.25, -0.2) is 9.18 Å². The van der Waals surface area contributed by atoms with Crippen molar-refractivity contribution in [2.45, 2.75) is 28.6 Å². The van der Waals surface area contributed by atoms with Crippen LogP contribution >= 0.6 is 23.1 Å². The normalized spacial score (nSPS) is 40.8. The average molecular weight is 331 g/mol. The minimum Gasteiger partial charge on any atom is -0.480 e. The van der Waals surface area contributed by atoms with Crippen LogP contribution in [0.2, 0.25) is 0 Å². The number of thioether (sulfide) groups is 1. The summed E-state index contributed by atoms with van der Waals surface area (Å²) in [4.78, 5) is 23.7. The number of thiophene rings is 1. The van der Waals surface area contributed by atoms with E-state index >= 15 is 0 Å². The molecular weight excluding hydrogens is 317 g/mol. The molecule has 0 aromatic carbocycles. The number of carbonyl (C=O) groups is 2. The van der Waals surface area contributed by atoms with Gasteiger partial charge in [-0.15, -0.1) is 11.3 Å². The summed E-state index contributed by atoms with van der Waals surface area (Å²) in [5.41, 5.74) is 1.67. The van der Waals surface area contributed by atoms with E-state index in [2.05, 4.69) is 0 Å². The van der Waals surface area contributed by atoms with Crippen LogP contribution in [0.1, 0.15) is 11.3 Å². The highest BCUT2D eigenvalue weighted by Crippen LogP contribution is 2.68. The van der Waals surface area contributed by atoms with Crippen LogP contribution in [0.4, 0.5) is 4.39 Å². The molecule has 0 radical (unpaired) electrons. The molecule has 0 aliphatic heterocycles. The summed E-state index contributed by atoms with van der Waals surface area (Å²) in [6, 6.07) is 3.83. The van der Waals surface area contributed by atoms with Crippen LogP contribution in [0.5, 0.6) is 0 Å². The molecule has 0 saturated heterocycles. The second kappa shape index (κ2) is 4.69. The van der Waals surface area contributed by atoms with Crippen LogP contribution in [0.25, 0.3) is 0 Å². The second-order valence-electron chi connectivity index (χ2n) is 5.51. The Kier molecular flexibility index (Phi) is 3.30. The minimum atomic E-state index is -2.48. The van der Waals surface area contributed by atoms with E-state index in [0.717, 1.165) is 4.88 Å². The molecule has 8 heteroatoms. The molecule has 0 amide bonds. The van der Waals surface area contributed by atoms with Gasteiger partial charge in [-0.2, -0.15) is 11.8 Å². The van der Waals surface area contributed by atoms with Crippen LogP contribution in [0.15, 0.2) is 17.5 Å². The molecule has 0 unspecified atom stereocenters. The number of halogens is 1. The number of fused-ring (bicyclic) bond motifs is 1. The molecule has 2 saturated carbocycles. The van der Waals surface area contributed by atoms with E-state index in [9.17, 15) is 19.1 Å². The van der Waals surface area contributed by atoms with E-state index in [4.69, 9.17) is 10.8 Å². The minimum absolute atomic E-state index is 0.187. The molecule has 1 heterocycles. The van der Waals surface area contributed by atoms with Crippen molar-refractivity contribution in [3.63, 3.8) is 0 Å². The molecule has 4 N–H and O–H groups in total. The third-order valence-corrected chi connectivity index (χ3v) is 7.03. The molecule has 2 fully saturated rings. The Balaban J connectivity index is 1.78. The molecule has 0 bridgehead atoms. The van der Waals surface area contributed by atoms with Gasteiger partial charge < -0.3 is 15.9 Å². The number of nitrogens with two attached hydrogens (primary N) is 1. The summed E-state index contributed by atoms with van der Waals surface area (Å²) < 4.78 is 14.3. The molecule has 3 rings (SSSR count). The van der Waals surface area contributed by atoms with Gasteiger partial charge in [0, 0.05) is 27.7 Å². The van der Waals surface area contributed by atoms with Gasteiger partial charge in [0.2, 0.25) is 5.67 Å². The van der Waals surface area contributed by atoms with E-state index in [1.807, 2.05) is 17.5 Å². The van der Waals surface area contributed by atoms with E-state index < -0.39 is 40.2 Å². The molecule has 114 valence electrons. The quantitative estimate of drug-likeness (QED) is 0.757. The fraction of sp³-hybridized carbons (Fsp3) is 0.538. The lowest BCUT2D eigenvalue weighted by molar-refractivity contribution is -0.149. The van der Waals surface area contributed by atoms with Gasteiger partial charge in [0.25, 0.3) is 0 Å². The zero-order chi connectivity index (χ0) is 15.4. The van der Waals surface area contributed by atoms with Crippen LogP contribution in [0.3, 0.4) is 0 Å². The summed E-state index contributed by atoms with van der Waals surface area (Å²) in [5.74, 6) is -4.26. The van der Waals surface area contributed by atoms with E-state index in [1.54, 1.807) is 11.3 Å². The monoisotopic (exact) mass is 331 g/mol. The number of hydrogen-bond acceptors (Lipinski definition) is 5. The van der Waals surface area contributed by atoms with Gasteiger partial charge in [-0.05, 0) is 17.9 Å². The first kappa shape index (κ1) is 14.8. The molecule has 21 heavy (non-hydrogen) atoms. The Morgan fingerprint density at radius 3 is 2.71 bits per heavy atom. The van der Waals surface area contributed by atoms with Crippen molar-refractivity contribution in [3.8, 4) is 0 Å². The summed E-state index contributed by atoms with van der Waals surface area (Å²) in [5, 5.41) is 19.8. The SMILES string of the molecule is N[C@]1(C(=O)O)[C@H]2[C@@H](C[C@H]1SCc1cccs1)[C@]2(F)C(=O)O. The van der Waals surface area contributed by atoms with Crippen LogP contribution in [-0.4, -0.2) is 38.6 Å². The molecular formula is C13H14FNO4S2. The summed E-state index contributed by atoms with van der Waals surface area (Å²) in [7, 11) is 0. The van der Waals surface area contributed by atoms with Crippen molar-refractivity contribution in [2.75, 3.05) is 0 Å².